The summed E-state index contributed by atoms with van der Waals surface area (Å²) in [7, 11) is 2.10. The van der Waals surface area contributed by atoms with Gasteiger partial charge in [0.2, 0.25) is 0 Å². The minimum absolute atomic E-state index is 0.434. The van der Waals surface area contributed by atoms with E-state index in [-0.39, 0.29) is 0 Å². The van der Waals surface area contributed by atoms with Crippen LogP contribution < -0.4 is 0 Å². The van der Waals surface area contributed by atoms with Crippen LogP contribution in [-0.2, 0) is 6.54 Å². The fourth-order valence-corrected chi connectivity index (χ4v) is 5.93. The van der Waals surface area contributed by atoms with E-state index >= 15 is 0 Å². The minimum atomic E-state index is 0.434. The molecule has 2 atom stereocenters. The predicted molar refractivity (Wildman–Crippen MR) is 115 cm³/mol. The molecule has 1 heterocycles. The van der Waals surface area contributed by atoms with E-state index in [1.165, 1.54) is 36.0 Å². The lowest BCUT2D eigenvalue weighted by Crippen LogP contribution is -2.20. The first-order valence-electron chi connectivity index (χ1n) is 9.23. The van der Waals surface area contributed by atoms with Gasteiger partial charge in [-0.3, -0.25) is 4.90 Å². The molecule has 0 saturated carbocycles. The second-order valence-electron chi connectivity index (χ2n) is 8.55. The first-order valence-corrected chi connectivity index (χ1v) is 10.7. The van der Waals surface area contributed by atoms with Gasteiger partial charge >= 0.3 is 0 Å². The molecule has 2 aliphatic rings. The lowest BCUT2D eigenvalue weighted by Gasteiger charge is -2.33. The summed E-state index contributed by atoms with van der Waals surface area (Å²) in [5.41, 5.74) is 6.23. The normalized spacial score (nSPS) is 25.4. The zero-order valence-corrected chi connectivity index (χ0v) is 17.7. The van der Waals surface area contributed by atoms with Crippen LogP contribution >= 0.6 is 24.4 Å². The summed E-state index contributed by atoms with van der Waals surface area (Å²) in [6, 6.07) is 9.23. The van der Waals surface area contributed by atoms with Gasteiger partial charge in [-0.2, -0.15) is 12.6 Å². The maximum absolute atomic E-state index is 4.36. The first-order chi connectivity index (χ1) is 11.8. The maximum Gasteiger partial charge on any atom is 0.0444 e. The number of hydrogen-bond acceptors (Lipinski definition) is 3. The van der Waals surface area contributed by atoms with Gasteiger partial charge in [0.25, 0.3) is 0 Å². The van der Waals surface area contributed by atoms with E-state index < -0.39 is 0 Å². The van der Waals surface area contributed by atoms with Crippen molar-refractivity contribution in [2.24, 2.45) is 11.3 Å². The molecule has 25 heavy (non-hydrogen) atoms. The van der Waals surface area contributed by atoms with Gasteiger partial charge in [0, 0.05) is 23.6 Å². The fraction of sp³-hybridized carbons (Fsp3) is 0.545. The Kier molecular flexibility index (Phi) is 5.77. The molecule has 0 bridgehead atoms. The fourth-order valence-electron chi connectivity index (χ4n) is 4.13. The van der Waals surface area contributed by atoms with Crippen molar-refractivity contribution in [2.75, 3.05) is 12.9 Å². The number of hydrogen-bond donors (Lipinski definition) is 1. The molecule has 0 saturated heterocycles. The number of nitrogens with zero attached hydrogens (tertiary/aromatic N) is 1. The quantitative estimate of drug-likeness (QED) is 0.359. The van der Waals surface area contributed by atoms with Gasteiger partial charge in [-0.05, 0) is 54.7 Å². The largest absolute Gasteiger partial charge is 0.293 e. The van der Waals surface area contributed by atoms with Crippen molar-refractivity contribution in [3.05, 3.63) is 58.0 Å². The average Bonchev–Trinajstić information content (AvgIpc) is 2.92. The van der Waals surface area contributed by atoms with E-state index in [1.807, 2.05) is 0 Å². The summed E-state index contributed by atoms with van der Waals surface area (Å²) >= 11 is 6.45. The topological polar surface area (TPSA) is 3.24 Å². The van der Waals surface area contributed by atoms with Crippen molar-refractivity contribution in [3.63, 3.8) is 0 Å². The van der Waals surface area contributed by atoms with E-state index in [1.54, 1.807) is 10.5 Å². The van der Waals surface area contributed by atoms with E-state index in [0.29, 0.717) is 16.6 Å². The molecule has 1 aliphatic carbocycles. The van der Waals surface area contributed by atoms with Crippen molar-refractivity contribution in [1.29, 1.82) is 0 Å². The molecule has 1 aromatic rings. The number of allylic oxidation sites excluding steroid dienone is 3. The summed E-state index contributed by atoms with van der Waals surface area (Å²) in [5, 5.41) is 0.507. The van der Waals surface area contributed by atoms with Crippen molar-refractivity contribution in [1.82, 2.24) is 4.90 Å². The van der Waals surface area contributed by atoms with Gasteiger partial charge in [-0.25, -0.2) is 0 Å². The Morgan fingerprint density at radius 1 is 1.32 bits per heavy atom. The van der Waals surface area contributed by atoms with Crippen molar-refractivity contribution in [3.8, 4) is 0 Å². The second-order valence-corrected chi connectivity index (χ2v) is 10.1. The first kappa shape index (κ1) is 19.1. The predicted octanol–water partition coefficient (Wildman–Crippen LogP) is 6.45. The molecule has 136 valence electrons. The van der Waals surface area contributed by atoms with Crippen LogP contribution in [0.3, 0.4) is 0 Å². The lowest BCUT2D eigenvalue weighted by atomic mass is 9.71. The second kappa shape index (κ2) is 7.54. The van der Waals surface area contributed by atoms with Gasteiger partial charge < -0.3 is 0 Å². The highest BCUT2D eigenvalue weighted by Crippen LogP contribution is 2.60. The van der Waals surface area contributed by atoms with Crippen molar-refractivity contribution in [2.45, 2.75) is 51.8 Å². The van der Waals surface area contributed by atoms with E-state index in [2.05, 4.69) is 88.0 Å². The standard InChI is InChI=1S/C22H31NS2/c1-15(2)20-18-12-22(3,4)11-10-19(18)25-21(20)17-8-6-16(7-9-17)13-23(5)14-24/h6-9,20-21,24H,1,10-14H2,2-5H3. The summed E-state index contributed by atoms with van der Waals surface area (Å²) < 4.78 is 0. The summed E-state index contributed by atoms with van der Waals surface area (Å²) in [6.45, 7) is 12.4. The Morgan fingerprint density at radius 2 is 2.00 bits per heavy atom. The third-order valence-corrected chi connectivity index (χ3v) is 7.57. The summed E-state index contributed by atoms with van der Waals surface area (Å²) in [4.78, 5) is 3.86. The summed E-state index contributed by atoms with van der Waals surface area (Å²) in [5.74, 6) is 1.29. The Bertz CT molecular complexity index is 672. The van der Waals surface area contributed by atoms with Crippen LogP contribution in [0.4, 0.5) is 0 Å². The van der Waals surface area contributed by atoms with E-state index in [0.717, 1.165) is 12.4 Å². The van der Waals surface area contributed by atoms with Gasteiger partial charge in [0.05, 0.1) is 0 Å². The molecule has 0 fully saturated rings. The SMILES string of the molecule is C=C(C)C1C2=C(CCC(C)(C)C2)SC1c1ccc(CN(C)CS)cc1. The Hall–Kier alpha value is -0.640. The number of benzene rings is 1. The van der Waals surface area contributed by atoms with Crippen LogP contribution in [0.25, 0.3) is 0 Å². The number of thioether (sulfide) groups is 1. The molecular formula is C22H31NS2. The van der Waals surface area contributed by atoms with Crippen LogP contribution in [0.5, 0.6) is 0 Å². The van der Waals surface area contributed by atoms with Crippen LogP contribution in [0, 0.1) is 11.3 Å². The molecule has 0 N–H and O–H groups in total. The minimum Gasteiger partial charge on any atom is -0.293 e. The highest BCUT2D eigenvalue weighted by atomic mass is 32.2. The lowest BCUT2D eigenvalue weighted by molar-refractivity contribution is 0.308. The van der Waals surface area contributed by atoms with Gasteiger partial charge in [-0.1, -0.05) is 55.8 Å². The molecule has 0 aromatic heterocycles. The highest BCUT2D eigenvalue weighted by Gasteiger charge is 2.41. The smallest absolute Gasteiger partial charge is 0.0444 e. The Balaban J connectivity index is 1.82. The molecule has 1 nitrogen and oxygen atoms in total. The van der Waals surface area contributed by atoms with Crippen LogP contribution in [-0.4, -0.2) is 17.8 Å². The molecule has 1 aromatic carbocycles. The molecule has 3 rings (SSSR count). The van der Waals surface area contributed by atoms with Crippen molar-refractivity contribution < 1.29 is 0 Å². The number of rotatable bonds is 5. The van der Waals surface area contributed by atoms with Crippen LogP contribution in [0.15, 0.2) is 46.9 Å². The molecule has 0 radical (unpaired) electrons. The van der Waals surface area contributed by atoms with E-state index in [4.69, 9.17) is 0 Å². The van der Waals surface area contributed by atoms with Crippen LogP contribution in [0.2, 0.25) is 0 Å². The van der Waals surface area contributed by atoms with Gasteiger partial charge in [0.1, 0.15) is 0 Å². The van der Waals surface area contributed by atoms with Gasteiger partial charge in [-0.15, -0.1) is 11.8 Å². The Morgan fingerprint density at radius 3 is 2.60 bits per heavy atom. The Labute approximate surface area is 163 Å². The molecule has 2 unspecified atom stereocenters. The zero-order valence-electron chi connectivity index (χ0n) is 16.0. The summed E-state index contributed by atoms with van der Waals surface area (Å²) in [6.07, 6.45) is 3.79. The third kappa shape index (κ3) is 4.20. The highest BCUT2D eigenvalue weighted by molar-refractivity contribution is 8.03. The monoisotopic (exact) mass is 373 g/mol. The molecule has 3 heteroatoms. The molecule has 1 aliphatic heterocycles. The molecule has 0 amide bonds. The number of thiol groups is 1. The van der Waals surface area contributed by atoms with Crippen LogP contribution in [0.1, 0.15) is 56.4 Å². The van der Waals surface area contributed by atoms with E-state index in [9.17, 15) is 0 Å². The average molecular weight is 374 g/mol. The maximum atomic E-state index is 4.36. The molecule has 0 spiro atoms. The zero-order chi connectivity index (χ0) is 18.2. The third-order valence-electron chi connectivity index (χ3n) is 5.54. The molecular weight excluding hydrogens is 342 g/mol. The van der Waals surface area contributed by atoms with Gasteiger partial charge in [0.15, 0.2) is 0 Å². The van der Waals surface area contributed by atoms with Crippen molar-refractivity contribution >= 4 is 24.4 Å².